The van der Waals surface area contributed by atoms with Crippen molar-refractivity contribution in [3.8, 4) is 17.2 Å². The van der Waals surface area contributed by atoms with Gasteiger partial charge in [-0.2, -0.15) is 0 Å². The standard InChI is InChI=1S/C19H19N3O7S/c1-26-13-8-11(9-14(27-2)16(13)28-3)10-15-18(24)22(19(25)30-15)6-5-20-17(23)12-4-7-29-21-12/h4,7-10H,5-6H2,1-3H3,(H,20,23)/b15-10-. The summed E-state index contributed by atoms with van der Waals surface area (Å²) in [5.41, 5.74) is 0.723. The summed E-state index contributed by atoms with van der Waals surface area (Å²) in [6.45, 7) is 0.113. The molecule has 0 unspecified atom stereocenters. The highest BCUT2D eigenvalue weighted by Gasteiger charge is 2.34. The molecule has 2 heterocycles. The van der Waals surface area contributed by atoms with E-state index < -0.39 is 17.1 Å². The maximum Gasteiger partial charge on any atom is 0.293 e. The molecule has 0 aliphatic carbocycles. The lowest BCUT2D eigenvalue weighted by atomic mass is 10.1. The summed E-state index contributed by atoms with van der Waals surface area (Å²) in [4.78, 5) is 38.1. The average Bonchev–Trinajstić information content (AvgIpc) is 3.37. The molecule has 1 N–H and O–H groups in total. The summed E-state index contributed by atoms with van der Waals surface area (Å²) in [7, 11) is 4.47. The fraction of sp³-hybridized carbons (Fsp3) is 0.263. The predicted octanol–water partition coefficient (Wildman–Crippen LogP) is 2.17. The van der Waals surface area contributed by atoms with Crippen LogP contribution in [-0.2, 0) is 4.79 Å². The molecule has 11 heteroatoms. The second-order valence-corrected chi connectivity index (χ2v) is 6.93. The molecule has 1 aliphatic heterocycles. The van der Waals surface area contributed by atoms with Crippen molar-refractivity contribution in [3.63, 3.8) is 0 Å². The molecule has 0 atom stereocenters. The van der Waals surface area contributed by atoms with Gasteiger partial charge in [-0.15, -0.1) is 0 Å². The number of ether oxygens (including phenoxy) is 3. The number of aromatic nitrogens is 1. The van der Waals surface area contributed by atoms with Crippen LogP contribution in [-0.4, -0.2) is 61.5 Å². The molecule has 1 aliphatic rings. The van der Waals surface area contributed by atoms with Crippen LogP contribution in [0.15, 0.2) is 33.9 Å². The maximum absolute atomic E-state index is 12.6. The van der Waals surface area contributed by atoms with Gasteiger partial charge in [-0.25, -0.2) is 0 Å². The number of amides is 3. The van der Waals surface area contributed by atoms with E-state index in [4.69, 9.17) is 14.2 Å². The highest BCUT2D eigenvalue weighted by atomic mass is 32.2. The first-order chi connectivity index (χ1) is 14.5. The summed E-state index contributed by atoms with van der Waals surface area (Å²) in [6.07, 6.45) is 2.85. The molecule has 2 aromatic rings. The fourth-order valence-corrected chi connectivity index (χ4v) is 3.60. The quantitative estimate of drug-likeness (QED) is 0.624. The Kier molecular flexibility index (Phi) is 6.62. The highest BCUT2D eigenvalue weighted by Crippen LogP contribution is 2.40. The molecule has 30 heavy (non-hydrogen) atoms. The number of carbonyl (C=O) groups is 3. The molecule has 158 valence electrons. The number of thioether (sulfide) groups is 1. The number of imide groups is 1. The molecule has 10 nitrogen and oxygen atoms in total. The number of hydrogen-bond acceptors (Lipinski definition) is 9. The van der Waals surface area contributed by atoms with E-state index in [0.717, 1.165) is 16.7 Å². The van der Waals surface area contributed by atoms with Crippen LogP contribution < -0.4 is 19.5 Å². The summed E-state index contributed by atoms with van der Waals surface area (Å²) in [5.74, 6) is 0.377. The van der Waals surface area contributed by atoms with Gasteiger partial charge >= 0.3 is 0 Å². The van der Waals surface area contributed by atoms with Crippen LogP contribution in [0.1, 0.15) is 16.1 Å². The van der Waals surface area contributed by atoms with Crippen molar-refractivity contribution in [1.29, 1.82) is 0 Å². The van der Waals surface area contributed by atoms with Crippen molar-refractivity contribution in [2.45, 2.75) is 0 Å². The molecule has 3 amide bonds. The number of carbonyl (C=O) groups excluding carboxylic acids is 3. The number of nitrogens with zero attached hydrogens (tertiary/aromatic N) is 2. The molecule has 1 aromatic carbocycles. The minimum atomic E-state index is -0.455. The topological polar surface area (TPSA) is 120 Å². The zero-order valence-electron chi connectivity index (χ0n) is 16.5. The van der Waals surface area contributed by atoms with E-state index in [1.165, 1.54) is 33.7 Å². The lowest BCUT2D eigenvalue weighted by molar-refractivity contribution is -0.122. The van der Waals surface area contributed by atoms with Crippen molar-refractivity contribution in [2.75, 3.05) is 34.4 Å². The van der Waals surface area contributed by atoms with Gasteiger partial charge in [0.25, 0.3) is 17.1 Å². The van der Waals surface area contributed by atoms with Gasteiger partial charge < -0.3 is 24.1 Å². The minimum absolute atomic E-state index is 0.0286. The van der Waals surface area contributed by atoms with Crippen LogP contribution in [0, 0.1) is 0 Å². The minimum Gasteiger partial charge on any atom is -0.493 e. The third-order valence-corrected chi connectivity index (χ3v) is 5.06. The van der Waals surface area contributed by atoms with E-state index in [0.29, 0.717) is 22.8 Å². The Morgan fingerprint density at radius 1 is 1.20 bits per heavy atom. The molecule has 0 radical (unpaired) electrons. The normalized spacial score (nSPS) is 14.9. The van der Waals surface area contributed by atoms with Crippen molar-refractivity contribution in [3.05, 3.63) is 40.6 Å². The van der Waals surface area contributed by atoms with E-state index in [9.17, 15) is 14.4 Å². The SMILES string of the molecule is COc1cc(/C=C2\SC(=O)N(CCNC(=O)c3ccon3)C2=O)cc(OC)c1OC. The number of benzene rings is 1. The Hall–Kier alpha value is -3.47. The van der Waals surface area contributed by atoms with Crippen molar-refractivity contribution in [1.82, 2.24) is 15.4 Å². The Morgan fingerprint density at radius 3 is 2.47 bits per heavy atom. The fourth-order valence-electron chi connectivity index (χ4n) is 2.73. The zero-order chi connectivity index (χ0) is 21.7. The molecule has 0 spiro atoms. The van der Waals surface area contributed by atoms with Gasteiger partial charge in [-0.05, 0) is 35.5 Å². The van der Waals surface area contributed by atoms with Gasteiger partial charge in [0.2, 0.25) is 5.75 Å². The van der Waals surface area contributed by atoms with E-state index in [1.54, 1.807) is 18.2 Å². The first-order valence-corrected chi connectivity index (χ1v) is 9.54. The van der Waals surface area contributed by atoms with Gasteiger partial charge in [0.15, 0.2) is 17.2 Å². The number of methoxy groups -OCH3 is 3. The number of rotatable bonds is 8. The average molecular weight is 433 g/mol. The molecule has 0 bridgehead atoms. The predicted molar refractivity (Wildman–Crippen MR) is 108 cm³/mol. The Morgan fingerprint density at radius 2 is 1.90 bits per heavy atom. The molecular weight excluding hydrogens is 414 g/mol. The van der Waals surface area contributed by atoms with Crippen LogP contribution in [0.5, 0.6) is 17.2 Å². The summed E-state index contributed by atoms with van der Waals surface area (Å²) in [5, 5.41) is 5.67. The third-order valence-electron chi connectivity index (χ3n) is 4.15. The first-order valence-electron chi connectivity index (χ1n) is 8.72. The van der Waals surface area contributed by atoms with Gasteiger partial charge in [-0.1, -0.05) is 5.16 Å². The van der Waals surface area contributed by atoms with Gasteiger partial charge in [-0.3, -0.25) is 19.3 Å². The molecular formula is C19H19N3O7S. The van der Waals surface area contributed by atoms with Gasteiger partial charge in [0.05, 0.1) is 26.2 Å². The Labute approximate surface area is 176 Å². The van der Waals surface area contributed by atoms with Gasteiger partial charge in [0, 0.05) is 19.2 Å². The lowest BCUT2D eigenvalue weighted by Gasteiger charge is -2.13. The van der Waals surface area contributed by atoms with Crippen LogP contribution in [0.4, 0.5) is 4.79 Å². The van der Waals surface area contributed by atoms with E-state index in [-0.39, 0.29) is 23.7 Å². The largest absolute Gasteiger partial charge is 0.493 e. The lowest BCUT2D eigenvalue weighted by Crippen LogP contribution is -2.37. The smallest absolute Gasteiger partial charge is 0.293 e. The molecule has 0 saturated carbocycles. The number of hydrogen-bond donors (Lipinski definition) is 1. The van der Waals surface area contributed by atoms with Crippen LogP contribution in [0.25, 0.3) is 6.08 Å². The van der Waals surface area contributed by atoms with Crippen LogP contribution in [0.3, 0.4) is 0 Å². The van der Waals surface area contributed by atoms with Crippen molar-refractivity contribution in [2.24, 2.45) is 0 Å². The molecule has 1 aromatic heterocycles. The summed E-state index contributed by atoms with van der Waals surface area (Å²) < 4.78 is 20.5. The maximum atomic E-state index is 12.6. The van der Waals surface area contributed by atoms with E-state index in [2.05, 4.69) is 15.0 Å². The van der Waals surface area contributed by atoms with Crippen LogP contribution >= 0.6 is 11.8 Å². The first kappa shape index (κ1) is 21.2. The van der Waals surface area contributed by atoms with Crippen LogP contribution in [0.2, 0.25) is 0 Å². The third kappa shape index (κ3) is 4.40. The molecule has 3 rings (SSSR count). The zero-order valence-corrected chi connectivity index (χ0v) is 17.3. The molecule has 1 saturated heterocycles. The summed E-state index contributed by atoms with van der Waals surface area (Å²) >= 11 is 0.816. The molecule has 1 fully saturated rings. The summed E-state index contributed by atoms with van der Waals surface area (Å²) in [6, 6.07) is 4.76. The Bertz CT molecular complexity index is 963. The second kappa shape index (κ2) is 9.35. The monoisotopic (exact) mass is 433 g/mol. The van der Waals surface area contributed by atoms with E-state index in [1.807, 2.05) is 0 Å². The van der Waals surface area contributed by atoms with Gasteiger partial charge in [0.1, 0.15) is 6.26 Å². The Balaban J connectivity index is 1.71. The van der Waals surface area contributed by atoms with E-state index >= 15 is 0 Å². The highest BCUT2D eigenvalue weighted by molar-refractivity contribution is 8.18. The second-order valence-electron chi connectivity index (χ2n) is 5.93. The van der Waals surface area contributed by atoms with Crippen molar-refractivity contribution >= 4 is 34.9 Å². The van der Waals surface area contributed by atoms with Crippen molar-refractivity contribution < 1.29 is 33.1 Å². The number of nitrogens with one attached hydrogen (secondary N) is 1.